The molecule has 3 N–H and O–H groups in total. The van der Waals surface area contributed by atoms with Crippen LogP contribution >= 0.6 is 27.3 Å². The molecule has 0 aliphatic carbocycles. The number of hydrogen-bond acceptors (Lipinski definition) is 5. The van der Waals surface area contributed by atoms with Crippen molar-refractivity contribution in [2.75, 3.05) is 5.43 Å². The second-order valence-electron chi connectivity index (χ2n) is 3.26. The van der Waals surface area contributed by atoms with E-state index in [0.717, 1.165) is 17.0 Å². The van der Waals surface area contributed by atoms with Crippen molar-refractivity contribution in [1.29, 1.82) is 0 Å². The Morgan fingerprint density at radius 1 is 1.44 bits per heavy atom. The molecular formula is C10H8BrF2N3OS. The van der Waals surface area contributed by atoms with Gasteiger partial charge in [0, 0.05) is 12.3 Å². The Balaban J connectivity index is 2.10. The van der Waals surface area contributed by atoms with Crippen molar-refractivity contribution in [3.8, 4) is 5.75 Å². The van der Waals surface area contributed by atoms with Gasteiger partial charge in [-0.3, -0.25) is 5.43 Å². The van der Waals surface area contributed by atoms with Crippen LogP contribution in [0.2, 0.25) is 0 Å². The van der Waals surface area contributed by atoms with Crippen LogP contribution in [-0.4, -0.2) is 4.98 Å². The van der Waals surface area contributed by atoms with Gasteiger partial charge in [0.05, 0.1) is 9.35 Å². The van der Waals surface area contributed by atoms with Crippen molar-refractivity contribution in [2.45, 2.75) is 6.61 Å². The number of nitrogens with zero attached hydrogens (tertiary/aromatic N) is 1. The van der Waals surface area contributed by atoms with E-state index in [4.69, 9.17) is 10.6 Å². The first-order chi connectivity index (χ1) is 8.60. The highest BCUT2D eigenvalue weighted by molar-refractivity contribution is 9.10. The minimum absolute atomic E-state index is 0.0351. The molecule has 2 rings (SSSR count). The van der Waals surface area contributed by atoms with Crippen molar-refractivity contribution in [3.05, 3.63) is 39.3 Å². The number of hydrazine groups is 1. The maximum atomic E-state index is 13.4. The molecule has 1 aromatic heterocycles. The lowest BCUT2D eigenvalue weighted by Gasteiger charge is -2.07. The third-order valence-electron chi connectivity index (χ3n) is 2.00. The van der Waals surface area contributed by atoms with Gasteiger partial charge in [-0.1, -0.05) is 11.3 Å². The summed E-state index contributed by atoms with van der Waals surface area (Å²) in [6.45, 7) is 0.125. The lowest BCUT2D eigenvalue weighted by Crippen LogP contribution is -2.05. The highest BCUT2D eigenvalue weighted by atomic mass is 79.9. The van der Waals surface area contributed by atoms with E-state index >= 15 is 0 Å². The minimum Gasteiger partial charge on any atom is -0.484 e. The van der Waals surface area contributed by atoms with Crippen LogP contribution in [0.5, 0.6) is 5.75 Å². The van der Waals surface area contributed by atoms with Crippen molar-refractivity contribution in [1.82, 2.24) is 4.98 Å². The Hall–Kier alpha value is -1.25. The summed E-state index contributed by atoms with van der Waals surface area (Å²) in [5, 5.41) is 0.534. The SMILES string of the molecule is NNc1ncc(COc2c(F)cc(F)cc2Br)s1. The number of anilines is 1. The van der Waals surface area contributed by atoms with Gasteiger partial charge in [0.15, 0.2) is 16.7 Å². The van der Waals surface area contributed by atoms with E-state index in [2.05, 4.69) is 26.3 Å². The Kier molecular flexibility index (Phi) is 4.10. The number of benzene rings is 1. The number of halogens is 3. The summed E-state index contributed by atoms with van der Waals surface area (Å²) in [6.07, 6.45) is 1.56. The van der Waals surface area contributed by atoms with Crippen LogP contribution in [0, 0.1) is 11.6 Å². The number of hydrogen-bond donors (Lipinski definition) is 2. The van der Waals surface area contributed by atoms with E-state index in [0.29, 0.717) is 5.13 Å². The highest BCUT2D eigenvalue weighted by Gasteiger charge is 2.12. The van der Waals surface area contributed by atoms with Crippen molar-refractivity contribution >= 4 is 32.4 Å². The number of rotatable bonds is 4. The van der Waals surface area contributed by atoms with E-state index in [1.54, 1.807) is 6.20 Å². The van der Waals surface area contributed by atoms with E-state index in [1.807, 2.05) is 0 Å². The molecule has 96 valence electrons. The fourth-order valence-corrected chi connectivity index (χ4v) is 2.41. The standard InChI is InChI=1S/C10H8BrF2N3OS/c11-7-1-5(12)2-8(13)9(7)17-4-6-3-15-10(16-14)18-6/h1-3H,4,14H2,(H,15,16). The number of thiazole rings is 1. The predicted octanol–water partition coefficient (Wildman–Crippen LogP) is 3.05. The maximum absolute atomic E-state index is 13.4. The molecule has 0 spiro atoms. The summed E-state index contributed by atoms with van der Waals surface area (Å²) in [6, 6.07) is 1.90. The monoisotopic (exact) mass is 335 g/mol. The molecule has 4 nitrogen and oxygen atoms in total. The molecule has 0 aliphatic rings. The second-order valence-corrected chi connectivity index (χ2v) is 5.23. The first-order valence-corrected chi connectivity index (χ1v) is 6.39. The molecule has 0 bridgehead atoms. The van der Waals surface area contributed by atoms with Gasteiger partial charge in [0.1, 0.15) is 12.4 Å². The molecule has 0 amide bonds. The summed E-state index contributed by atoms with van der Waals surface area (Å²) in [5.74, 6) is 3.72. The molecule has 0 unspecified atom stereocenters. The van der Waals surface area contributed by atoms with Crippen LogP contribution in [0.1, 0.15) is 4.88 Å². The van der Waals surface area contributed by atoms with Gasteiger partial charge in [-0.25, -0.2) is 19.6 Å². The Labute approximate surface area is 114 Å². The third-order valence-corrected chi connectivity index (χ3v) is 3.49. The van der Waals surface area contributed by atoms with E-state index in [-0.39, 0.29) is 16.8 Å². The van der Waals surface area contributed by atoms with Crippen LogP contribution in [-0.2, 0) is 6.61 Å². The maximum Gasteiger partial charge on any atom is 0.197 e. The molecule has 0 atom stereocenters. The van der Waals surface area contributed by atoms with Crippen molar-refractivity contribution in [3.63, 3.8) is 0 Å². The van der Waals surface area contributed by atoms with Gasteiger partial charge in [-0.05, 0) is 22.0 Å². The van der Waals surface area contributed by atoms with Gasteiger partial charge in [-0.15, -0.1) is 0 Å². The van der Waals surface area contributed by atoms with Crippen LogP contribution in [0.4, 0.5) is 13.9 Å². The predicted molar refractivity (Wildman–Crippen MR) is 68.3 cm³/mol. The number of aromatic nitrogens is 1. The van der Waals surface area contributed by atoms with Crippen LogP contribution in [0.3, 0.4) is 0 Å². The molecule has 18 heavy (non-hydrogen) atoms. The summed E-state index contributed by atoms with van der Waals surface area (Å²) < 4.78 is 31.8. The molecule has 0 saturated heterocycles. The molecule has 2 aromatic rings. The molecule has 0 saturated carbocycles. The minimum atomic E-state index is -0.761. The topological polar surface area (TPSA) is 60.2 Å². The van der Waals surface area contributed by atoms with Gasteiger partial charge in [-0.2, -0.15) is 0 Å². The molecular weight excluding hydrogens is 328 g/mol. The Morgan fingerprint density at radius 2 is 2.22 bits per heavy atom. The molecule has 1 aromatic carbocycles. The zero-order valence-corrected chi connectivity index (χ0v) is 11.3. The first kappa shape index (κ1) is 13.2. The Bertz CT molecular complexity index is 541. The summed E-state index contributed by atoms with van der Waals surface area (Å²) in [4.78, 5) is 4.71. The molecule has 0 fully saturated rings. The lowest BCUT2D eigenvalue weighted by atomic mass is 10.3. The van der Waals surface area contributed by atoms with E-state index in [1.165, 1.54) is 11.3 Å². The second kappa shape index (κ2) is 5.59. The normalized spacial score (nSPS) is 10.4. The molecule has 0 aliphatic heterocycles. The van der Waals surface area contributed by atoms with Crippen LogP contribution in [0.15, 0.2) is 22.8 Å². The van der Waals surface area contributed by atoms with E-state index < -0.39 is 11.6 Å². The third kappa shape index (κ3) is 2.95. The average molecular weight is 336 g/mol. The summed E-state index contributed by atoms with van der Waals surface area (Å²) in [7, 11) is 0. The zero-order chi connectivity index (χ0) is 13.1. The van der Waals surface area contributed by atoms with Gasteiger partial charge < -0.3 is 4.74 Å². The zero-order valence-electron chi connectivity index (χ0n) is 8.91. The number of nitrogen functional groups attached to an aromatic ring is 1. The molecule has 8 heteroatoms. The van der Waals surface area contributed by atoms with Crippen LogP contribution in [0.25, 0.3) is 0 Å². The fourth-order valence-electron chi connectivity index (χ4n) is 1.25. The molecule has 0 radical (unpaired) electrons. The van der Waals surface area contributed by atoms with Gasteiger partial charge >= 0.3 is 0 Å². The highest BCUT2D eigenvalue weighted by Crippen LogP contribution is 2.30. The van der Waals surface area contributed by atoms with Crippen LogP contribution < -0.4 is 16.0 Å². The molecule has 1 heterocycles. The lowest BCUT2D eigenvalue weighted by molar-refractivity contribution is 0.290. The average Bonchev–Trinajstić information content (AvgIpc) is 2.75. The largest absolute Gasteiger partial charge is 0.484 e. The van der Waals surface area contributed by atoms with Gasteiger partial charge in [0.2, 0.25) is 0 Å². The van der Waals surface area contributed by atoms with Gasteiger partial charge in [0.25, 0.3) is 0 Å². The van der Waals surface area contributed by atoms with Crippen molar-refractivity contribution in [2.24, 2.45) is 5.84 Å². The number of ether oxygens (including phenoxy) is 1. The Morgan fingerprint density at radius 3 is 2.83 bits per heavy atom. The summed E-state index contributed by atoms with van der Waals surface area (Å²) in [5.41, 5.74) is 2.39. The fraction of sp³-hybridized carbons (Fsp3) is 0.100. The first-order valence-electron chi connectivity index (χ1n) is 4.79. The number of nitrogens with one attached hydrogen (secondary N) is 1. The number of nitrogens with two attached hydrogens (primary N) is 1. The summed E-state index contributed by atoms with van der Waals surface area (Å²) >= 11 is 4.32. The quantitative estimate of drug-likeness (QED) is 0.666. The van der Waals surface area contributed by atoms with Crippen molar-refractivity contribution < 1.29 is 13.5 Å². The van der Waals surface area contributed by atoms with E-state index in [9.17, 15) is 8.78 Å². The smallest absolute Gasteiger partial charge is 0.197 e.